The van der Waals surface area contributed by atoms with E-state index in [0.29, 0.717) is 0 Å². The van der Waals surface area contributed by atoms with Gasteiger partial charge in [-0.25, -0.2) is 4.98 Å². The van der Waals surface area contributed by atoms with Crippen LogP contribution in [0.5, 0.6) is 11.5 Å². The first kappa shape index (κ1) is 20.0. The summed E-state index contributed by atoms with van der Waals surface area (Å²) in [6, 6.07) is 18.5. The quantitative estimate of drug-likeness (QED) is 0.234. The van der Waals surface area contributed by atoms with Gasteiger partial charge in [0.05, 0.1) is 30.8 Å². The molecule has 0 atom stereocenters. The van der Waals surface area contributed by atoms with Crippen molar-refractivity contribution in [3.05, 3.63) is 63.5 Å². The molecule has 7 heteroatoms. The lowest BCUT2D eigenvalue weighted by atomic mass is 10.0. The number of aromatic amines is 1. The van der Waals surface area contributed by atoms with Gasteiger partial charge in [0.2, 0.25) is 0 Å². The van der Waals surface area contributed by atoms with Crippen LogP contribution in [-0.4, -0.2) is 24.2 Å². The maximum absolute atomic E-state index is 5.56. The van der Waals surface area contributed by atoms with Crippen LogP contribution in [-0.2, 0) is 0 Å². The number of hydrogen-bond acceptors (Lipinski definition) is 4. The van der Waals surface area contributed by atoms with Crippen LogP contribution in [0.15, 0.2) is 63.5 Å². The van der Waals surface area contributed by atoms with E-state index in [1.807, 2.05) is 12.1 Å². The molecule has 0 spiro atoms. The maximum atomic E-state index is 5.56. The van der Waals surface area contributed by atoms with E-state index < -0.39 is 0 Å². The maximum Gasteiger partial charge on any atom is 0.127 e. The Morgan fingerprint density at radius 3 is 2.25 bits per heavy atom. The third-order valence-electron chi connectivity index (χ3n) is 5.76. The first-order chi connectivity index (χ1) is 15.6. The number of halogens is 2. The SMILES string of the molecule is COc1cc(OC)cc(-c2sc3nc4c(Br)cccc4c-3c3[nH]c4c(Br)cccc4c23)c1. The van der Waals surface area contributed by atoms with Crippen molar-refractivity contribution in [3.63, 3.8) is 0 Å². The summed E-state index contributed by atoms with van der Waals surface area (Å²) in [4.78, 5) is 9.82. The van der Waals surface area contributed by atoms with Gasteiger partial charge in [-0.3, -0.25) is 0 Å². The van der Waals surface area contributed by atoms with Crippen molar-refractivity contribution in [1.82, 2.24) is 9.97 Å². The second-order valence-electron chi connectivity index (χ2n) is 7.50. The Morgan fingerprint density at radius 2 is 1.53 bits per heavy atom. The van der Waals surface area contributed by atoms with Crippen molar-refractivity contribution >= 4 is 75.9 Å². The average Bonchev–Trinajstić information content (AvgIpc) is 3.38. The van der Waals surface area contributed by atoms with Crippen molar-refractivity contribution in [1.29, 1.82) is 0 Å². The summed E-state index contributed by atoms with van der Waals surface area (Å²) in [7, 11) is 3.35. The van der Waals surface area contributed by atoms with Crippen molar-refractivity contribution in [3.8, 4) is 32.5 Å². The third-order valence-corrected chi connectivity index (χ3v) is 8.19. The van der Waals surface area contributed by atoms with E-state index in [-0.39, 0.29) is 0 Å². The lowest BCUT2D eigenvalue weighted by Crippen LogP contribution is -1.89. The number of nitrogens with one attached hydrogen (secondary N) is 1. The highest BCUT2D eigenvalue weighted by molar-refractivity contribution is 9.11. The molecular formula is C25H16Br2N2O2S. The van der Waals surface area contributed by atoms with Crippen molar-refractivity contribution in [2.24, 2.45) is 0 Å². The summed E-state index contributed by atoms with van der Waals surface area (Å²) in [5, 5.41) is 4.45. The van der Waals surface area contributed by atoms with Gasteiger partial charge in [-0.05, 0) is 61.7 Å². The number of methoxy groups -OCH3 is 2. The second kappa shape index (κ2) is 7.47. The van der Waals surface area contributed by atoms with Crippen LogP contribution in [0.4, 0.5) is 0 Å². The molecule has 0 amide bonds. The van der Waals surface area contributed by atoms with Gasteiger partial charge in [0, 0.05) is 41.6 Å². The topological polar surface area (TPSA) is 47.1 Å². The first-order valence-electron chi connectivity index (χ1n) is 9.93. The number of ether oxygens (including phenoxy) is 2. The largest absolute Gasteiger partial charge is 0.497 e. The van der Waals surface area contributed by atoms with Crippen LogP contribution in [0.3, 0.4) is 0 Å². The molecule has 0 aliphatic carbocycles. The molecule has 4 aromatic rings. The lowest BCUT2D eigenvalue weighted by Gasteiger charge is -2.11. The molecule has 1 aromatic heterocycles. The molecule has 0 radical (unpaired) electrons. The van der Waals surface area contributed by atoms with E-state index in [1.54, 1.807) is 25.6 Å². The molecule has 1 N–H and O–H groups in total. The van der Waals surface area contributed by atoms with Gasteiger partial charge < -0.3 is 14.5 Å². The Bertz CT molecular complexity index is 1610. The predicted octanol–water partition coefficient (Wildman–Crippen LogP) is 8.24. The van der Waals surface area contributed by atoms with E-state index in [2.05, 4.69) is 79.3 Å². The molecule has 6 rings (SSSR count). The van der Waals surface area contributed by atoms with Crippen LogP contribution >= 0.6 is 43.2 Å². The monoisotopic (exact) mass is 566 g/mol. The van der Waals surface area contributed by atoms with E-state index in [4.69, 9.17) is 14.5 Å². The fourth-order valence-electron chi connectivity index (χ4n) is 4.31. The van der Waals surface area contributed by atoms with Crippen LogP contribution in [0.25, 0.3) is 53.7 Å². The van der Waals surface area contributed by atoms with Crippen molar-refractivity contribution in [2.75, 3.05) is 14.2 Å². The number of para-hydroxylation sites is 2. The van der Waals surface area contributed by atoms with E-state index in [0.717, 1.165) is 68.8 Å². The minimum absolute atomic E-state index is 0.754. The minimum atomic E-state index is 0.754. The van der Waals surface area contributed by atoms with E-state index in [1.165, 1.54) is 5.39 Å². The Labute approximate surface area is 204 Å². The zero-order valence-electron chi connectivity index (χ0n) is 17.1. The summed E-state index contributed by atoms with van der Waals surface area (Å²) in [5.41, 5.74) is 5.30. The Kier molecular flexibility index (Phi) is 4.68. The molecule has 0 fully saturated rings. The number of aromatic nitrogens is 2. The zero-order valence-corrected chi connectivity index (χ0v) is 21.1. The highest BCUT2D eigenvalue weighted by atomic mass is 79.9. The molecule has 0 bridgehead atoms. The molecule has 0 unspecified atom stereocenters. The van der Waals surface area contributed by atoms with E-state index >= 15 is 0 Å². The molecule has 0 saturated heterocycles. The van der Waals surface area contributed by atoms with Crippen molar-refractivity contribution < 1.29 is 9.47 Å². The number of fused-ring (bicyclic) bond motifs is 7. The summed E-state index contributed by atoms with van der Waals surface area (Å²) >= 11 is 9.09. The number of benzene rings is 3. The van der Waals surface area contributed by atoms with Crippen LogP contribution < -0.4 is 9.47 Å². The van der Waals surface area contributed by atoms with Crippen LogP contribution in [0.1, 0.15) is 0 Å². The first-order valence-corrected chi connectivity index (χ1v) is 12.3. The summed E-state index contributed by atoms with van der Waals surface area (Å²) in [5.74, 6) is 1.51. The Morgan fingerprint density at radius 1 is 0.844 bits per heavy atom. The molecular weight excluding hydrogens is 552 g/mol. The smallest absolute Gasteiger partial charge is 0.127 e. The molecule has 4 nitrogen and oxygen atoms in total. The molecule has 2 aliphatic rings. The zero-order chi connectivity index (χ0) is 22.0. The summed E-state index contributed by atoms with van der Waals surface area (Å²) in [6.07, 6.45) is 0. The molecule has 0 saturated carbocycles. The van der Waals surface area contributed by atoms with Gasteiger partial charge in [-0.2, -0.15) is 0 Å². The van der Waals surface area contributed by atoms with Gasteiger partial charge >= 0.3 is 0 Å². The molecule has 3 aromatic carbocycles. The fraction of sp³-hybridized carbons (Fsp3) is 0.0800. The molecule has 3 heterocycles. The van der Waals surface area contributed by atoms with Gasteiger partial charge in [0.15, 0.2) is 0 Å². The highest BCUT2D eigenvalue weighted by Gasteiger charge is 2.24. The third kappa shape index (κ3) is 2.88. The number of H-pyrrole nitrogens is 1. The van der Waals surface area contributed by atoms with Gasteiger partial charge in [-0.15, -0.1) is 11.3 Å². The molecule has 32 heavy (non-hydrogen) atoms. The van der Waals surface area contributed by atoms with Gasteiger partial charge in [-0.1, -0.05) is 24.3 Å². The predicted molar refractivity (Wildman–Crippen MR) is 140 cm³/mol. The number of hydrogen-bond donors (Lipinski definition) is 1. The Balaban J connectivity index is 1.84. The second-order valence-corrected chi connectivity index (χ2v) is 10.2. The molecule has 2 aliphatic heterocycles. The lowest BCUT2D eigenvalue weighted by molar-refractivity contribution is 0.394. The fourth-order valence-corrected chi connectivity index (χ4v) is 6.43. The average molecular weight is 568 g/mol. The standard InChI is InChI=1S/C25H16Br2N2O2S/c1-30-13-9-12(10-14(11-13)31-2)24-19-15-5-3-7-17(26)21(15)28-23(19)20-16-6-4-8-18(27)22(16)29-25(20)32-24/h3-11,28H,1-2H3. The van der Waals surface area contributed by atoms with Gasteiger partial charge in [0.1, 0.15) is 16.5 Å². The summed E-state index contributed by atoms with van der Waals surface area (Å²) in [6.45, 7) is 0. The molecule has 158 valence electrons. The highest BCUT2D eigenvalue weighted by Crippen LogP contribution is 2.50. The normalized spacial score (nSPS) is 11.8. The van der Waals surface area contributed by atoms with Crippen molar-refractivity contribution in [2.45, 2.75) is 0 Å². The summed E-state index contributed by atoms with van der Waals surface area (Å²) < 4.78 is 13.1. The minimum Gasteiger partial charge on any atom is -0.497 e. The van der Waals surface area contributed by atoms with Gasteiger partial charge in [0.25, 0.3) is 0 Å². The van der Waals surface area contributed by atoms with E-state index in [9.17, 15) is 0 Å². The van der Waals surface area contributed by atoms with Crippen LogP contribution in [0.2, 0.25) is 0 Å². The number of nitrogens with zero attached hydrogens (tertiary/aromatic N) is 1. The number of rotatable bonds is 3. The Hall–Kier alpha value is -2.61. The van der Waals surface area contributed by atoms with Crippen LogP contribution in [0, 0.1) is 0 Å².